The molecule has 0 saturated carbocycles. The predicted molar refractivity (Wildman–Crippen MR) is 102 cm³/mol. The molecule has 1 atom stereocenters. The van der Waals surface area contributed by atoms with E-state index >= 15 is 0 Å². The standard InChI is InChI=1S/C19H20N4O2S/c1-12-8-18(26-11-17(24)21-13(2)10-25-3)23-16-7-5-4-6-15(16)22-19(23)14(12)9-20/h4-8,13H,10-11H2,1-3H3,(H,21,24)/t13-/m0/s1. The van der Waals surface area contributed by atoms with Crippen molar-refractivity contribution in [2.45, 2.75) is 24.9 Å². The highest BCUT2D eigenvalue weighted by Gasteiger charge is 2.16. The largest absolute Gasteiger partial charge is 0.383 e. The minimum absolute atomic E-state index is 0.0371. The molecule has 0 spiro atoms. The summed E-state index contributed by atoms with van der Waals surface area (Å²) >= 11 is 1.43. The maximum absolute atomic E-state index is 12.2. The van der Waals surface area contributed by atoms with Crippen molar-refractivity contribution >= 4 is 34.3 Å². The topological polar surface area (TPSA) is 79.4 Å². The number of hydrogen-bond donors (Lipinski definition) is 1. The van der Waals surface area contributed by atoms with Crippen LogP contribution in [0.3, 0.4) is 0 Å². The van der Waals surface area contributed by atoms with Crippen molar-refractivity contribution in [3.8, 4) is 6.07 Å². The average Bonchev–Trinajstić information content (AvgIpc) is 2.99. The van der Waals surface area contributed by atoms with Crippen molar-refractivity contribution in [2.24, 2.45) is 0 Å². The Kier molecular flexibility index (Phi) is 5.45. The number of benzene rings is 1. The molecule has 6 nitrogen and oxygen atoms in total. The van der Waals surface area contributed by atoms with E-state index in [-0.39, 0.29) is 17.7 Å². The third kappa shape index (κ3) is 3.52. The number of methoxy groups -OCH3 is 1. The lowest BCUT2D eigenvalue weighted by atomic mass is 10.2. The number of carbonyl (C=O) groups excluding carboxylic acids is 1. The maximum Gasteiger partial charge on any atom is 0.230 e. The first-order chi connectivity index (χ1) is 12.5. The van der Waals surface area contributed by atoms with Crippen LogP contribution in [0.2, 0.25) is 0 Å². The summed E-state index contributed by atoms with van der Waals surface area (Å²) < 4.78 is 7.00. The number of nitrogens with zero attached hydrogens (tertiary/aromatic N) is 3. The summed E-state index contributed by atoms with van der Waals surface area (Å²) in [4.78, 5) is 16.8. The number of fused-ring (bicyclic) bond motifs is 3. The molecule has 0 aliphatic carbocycles. The van der Waals surface area contributed by atoms with E-state index < -0.39 is 0 Å². The Labute approximate surface area is 156 Å². The fraction of sp³-hybridized carbons (Fsp3) is 0.316. The lowest BCUT2D eigenvalue weighted by Crippen LogP contribution is -2.36. The second-order valence-electron chi connectivity index (χ2n) is 6.12. The van der Waals surface area contributed by atoms with E-state index in [1.54, 1.807) is 7.11 Å². The Balaban J connectivity index is 1.96. The van der Waals surface area contributed by atoms with Crippen LogP contribution in [0, 0.1) is 18.3 Å². The van der Waals surface area contributed by atoms with Crippen LogP contribution in [0.15, 0.2) is 35.4 Å². The first kappa shape index (κ1) is 18.2. The zero-order valence-electron chi connectivity index (χ0n) is 14.9. The highest BCUT2D eigenvalue weighted by Crippen LogP contribution is 2.29. The Hall–Kier alpha value is -2.56. The number of nitrogens with one attached hydrogen (secondary N) is 1. The van der Waals surface area contributed by atoms with E-state index in [9.17, 15) is 10.1 Å². The molecule has 7 heteroatoms. The average molecular weight is 368 g/mol. The molecule has 0 radical (unpaired) electrons. The highest BCUT2D eigenvalue weighted by atomic mass is 32.2. The molecule has 0 aliphatic rings. The van der Waals surface area contributed by atoms with Gasteiger partial charge in [-0.2, -0.15) is 5.26 Å². The molecule has 3 aromatic rings. The van der Waals surface area contributed by atoms with E-state index in [4.69, 9.17) is 4.74 Å². The lowest BCUT2D eigenvalue weighted by Gasteiger charge is -2.13. The Bertz CT molecular complexity index is 1010. The van der Waals surface area contributed by atoms with E-state index in [0.717, 1.165) is 21.6 Å². The number of pyridine rings is 1. The van der Waals surface area contributed by atoms with Crippen LogP contribution < -0.4 is 5.32 Å². The lowest BCUT2D eigenvalue weighted by molar-refractivity contribution is -0.119. The summed E-state index contributed by atoms with van der Waals surface area (Å²) in [5.74, 6) is 0.222. The first-order valence-electron chi connectivity index (χ1n) is 8.27. The van der Waals surface area contributed by atoms with Gasteiger partial charge in [-0.15, -0.1) is 0 Å². The minimum Gasteiger partial charge on any atom is -0.383 e. The van der Waals surface area contributed by atoms with Crippen molar-refractivity contribution in [2.75, 3.05) is 19.5 Å². The molecule has 0 unspecified atom stereocenters. The SMILES string of the molecule is COC[C@H](C)NC(=O)CSc1cc(C)c(C#N)c2nc3ccccc3n12. The normalized spacial score (nSPS) is 12.2. The van der Waals surface area contributed by atoms with Gasteiger partial charge in [0.15, 0.2) is 5.65 Å². The monoisotopic (exact) mass is 368 g/mol. The molecular weight excluding hydrogens is 348 g/mol. The van der Waals surface area contributed by atoms with Crippen molar-refractivity contribution < 1.29 is 9.53 Å². The van der Waals surface area contributed by atoms with E-state index in [0.29, 0.717) is 17.8 Å². The molecule has 26 heavy (non-hydrogen) atoms. The summed E-state index contributed by atoms with van der Waals surface area (Å²) in [5, 5.41) is 13.3. The van der Waals surface area contributed by atoms with Gasteiger partial charge in [-0.25, -0.2) is 4.98 Å². The molecule has 134 valence electrons. The van der Waals surface area contributed by atoms with Gasteiger partial charge in [-0.05, 0) is 37.6 Å². The zero-order valence-corrected chi connectivity index (χ0v) is 15.8. The quantitative estimate of drug-likeness (QED) is 0.677. The van der Waals surface area contributed by atoms with Gasteiger partial charge in [0.2, 0.25) is 5.91 Å². The van der Waals surface area contributed by atoms with Gasteiger partial charge in [0.25, 0.3) is 0 Å². The molecule has 1 aromatic carbocycles. The predicted octanol–water partition coefficient (Wildman–Crippen LogP) is 2.91. The van der Waals surface area contributed by atoms with Gasteiger partial charge in [0.05, 0.1) is 34.0 Å². The van der Waals surface area contributed by atoms with Gasteiger partial charge in [0, 0.05) is 13.2 Å². The second kappa shape index (κ2) is 7.77. The van der Waals surface area contributed by atoms with Gasteiger partial charge in [0.1, 0.15) is 6.07 Å². The van der Waals surface area contributed by atoms with Crippen molar-refractivity contribution in [3.05, 3.63) is 41.5 Å². The number of nitriles is 1. The van der Waals surface area contributed by atoms with Crippen LogP contribution >= 0.6 is 11.8 Å². The summed E-state index contributed by atoms with van der Waals surface area (Å²) in [6.45, 7) is 4.27. The molecule has 0 fully saturated rings. The summed E-state index contributed by atoms with van der Waals surface area (Å²) in [5.41, 5.74) is 3.79. The number of para-hydroxylation sites is 2. The molecule has 2 aromatic heterocycles. The number of aromatic nitrogens is 2. The summed E-state index contributed by atoms with van der Waals surface area (Å²) in [6.07, 6.45) is 0. The minimum atomic E-state index is -0.0564. The van der Waals surface area contributed by atoms with Crippen molar-refractivity contribution in [1.29, 1.82) is 5.26 Å². The van der Waals surface area contributed by atoms with E-state index in [2.05, 4.69) is 16.4 Å². The van der Waals surface area contributed by atoms with Crippen LogP contribution in [-0.2, 0) is 9.53 Å². The van der Waals surface area contributed by atoms with Crippen LogP contribution in [0.25, 0.3) is 16.7 Å². The molecule has 0 aliphatic heterocycles. The molecule has 1 amide bonds. The zero-order chi connectivity index (χ0) is 18.7. The summed E-state index contributed by atoms with van der Waals surface area (Å²) in [6, 6.07) is 11.9. The van der Waals surface area contributed by atoms with Gasteiger partial charge < -0.3 is 10.1 Å². The highest BCUT2D eigenvalue weighted by molar-refractivity contribution is 7.99. The number of thioether (sulfide) groups is 1. The van der Waals surface area contributed by atoms with Gasteiger partial charge in [-0.1, -0.05) is 23.9 Å². The second-order valence-corrected chi connectivity index (χ2v) is 7.12. The third-order valence-corrected chi connectivity index (χ3v) is 5.03. The van der Waals surface area contributed by atoms with Gasteiger partial charge >= 0.3 is 0 Å². The Morgan fingerprint density at radius 1 is 1.46 bits per heavy atom. The number of imidazole rings is 1. The number of amides is 1. The Morgan fingerprint density at radius 3 is 2.96 bits per heavy atom. The smallest absolute Gasteiger partial charge is 0.230 e. The summed E-state index contributed by atoms with van der Waals surface area (Å²) in [7, 11) is 1.61. The number of carbonyl (C=O) groups is 1. The van der Waals surface area contributed by atoms with Crippen LogP contribution in [-0.4, -0.2) is 40.8 Å². The van der Waals surface area contributed by atoms with E-state index in [1.165, 1.54) is 11.8 Å². The molecule has 0 saturated heterocycles. The van der Waals surface area contributed by atoms with Crippen molar-refractivity contribution in [1.82, 2.24) is 14.7 Å². The molecule has 3 rings (SSSR count). The molecule has 0 bridgehead atoms. The third-order valence-electron chi connectivity index (χ3n) is 4.03. The number of rotatable bonds is 6. The number of ether oxygens (including phenoxy) is 1. The Morgan fingerprint density at radius 2 is 2.23 bits per heavy atom. The van der Waals surface area contributed by atoms with Crippen molar-refractivity contribution in [3.63, 3.8) is 0 Å². The van der Waals surface area contributed by atoms with E-state index in [1.807, 2.05) is 48.6 Å². The van der Waals surface area contributed by atoms with Gasteiger partial charge in [-0.3, -0.25) is 9.20 Å². The molecule has 2 heterocycles. The molecular formula is C19H20N4O2S. The van der Waals surface area contributed by atoms with Crippen LogP contribution in [0.5, 0.6) is 0 Å². The fourth-order valence-electron chi connectivity index (χ4n) is 2.91. The number of aryl methyl sites for hydroxylation is 1. The van der Waals surface area contributed by atoms with Crippen LogP contribution in [0.1, 0.15) is 18.1 Å². The fourth-order valence-corrected chi connectivity index (χ4v) is 3.84. The maximum atomic E-state index is 12.2. The first-order valence-corrected chi connectivity index (χ1v) is 9.25. The van der Waals surface area contributed by atoms with Crippen LogP contribution in [0.4, 0.5) is 0 Å². The number of hydrogen-bond acceptors (Lipinski definition) is 5. The molecule has 1 N–H and O–H groups in total.